The summed E-state index contributed by atoms with van der Waals surface area (Å²) in [6.07, 6.45) is 4.27. The number of pyridine rings is 1. The van der Waals surface area contributed by atoms with Gasteiger partial charge in [-0.05, 0) is 0 Å². The van der Waals surface area contributed by atoms with Crippen LogP contribution in [-0.2, 0) is 0 Å². The summed E-state index contributed by atoms with van der Waals surface area (Å²) in [5, 5.41) is 8.46. The maximum absolute atomic E-state index is 8.46. The molecule has 3 heteroatoms. The van der Waals surface area contributed by atoms with E-state index in [2.05, 4.69) is 11.6 Å². The van der Waals surface area contributed by atoms with Crippen molar-refractivity contribution < 1.29 is 4.74 Å². The molecule has 54 valence electrons. The topological polar surface area (TPSA) is 45.9 Å². The number of aromatic nitrogens is 1. The summed E-state index contributed by atoms with van der Waals surface area (Å²) >= 11 is 0. The molecule has 1 aromatic heterocycles. The number of nitriles is 1. The number of hydrogen-bond acceptors (Lipinski definition) is 3. The van der Waals surface area contributed by atoms with Crippen LogP contribution in [-0.4, -0.2) is 4.98 Å². The molecule has 0 aromatic carbocycles. The van der Waals surface area contributed by atoms with E-state index in [1.54, 1.807) is 6.07 Å². The van der Waals surface area contributed by atoms with Gasteiger partial charge in [-0.15, -0.1) is 0 Å². The zero-order chi connectivity index (χ0) is 8.10. The summed E-state index contributed by atoms with van der Waals surface area (Å²) in [6, 6.07) is 3.54. The van der Waals surface area contributed by atoms with E-state index in [1.165, 1.54) is 18.7 Å². The first-order valence-electron chi connectivity index (χ1n) is 2.99. The van der Waals surface area contributed by atoms with Crippen molar-refractivity contribution >= 4 is 0 Å². The number of nitrogens with zero attached hydrogens (tertiary/aromatic N) is 2. The van der Waals surface area contributed by atoms with Crippen molar-refractivity contribution in [3.8, 4) is 11.8 Å². The lowest BCUT2D eigenvalue weighted by atomic mass is 10.3. The second-order valence-corrected chi connectivity index (χ2v) is 1.81. The molecule has 3 nitrogen and oxygen atoms in total. The van der Waals surface area contributed by atoms with Gasteiger partial charge in [0, 0.05) is 12.3 Å². The molecule has 0 amide bonds. The van der Waals surface area contributed by atoms with Crippen molar-refractivity contribution in [2.45, 2.75) is 0 Å². The molecular weight excluding hydrogens is 140 g/mol. The highest BCUT2D eigenvalue weighted by Crippen LogP contribution is 2.09. The highest BCUT2D eigenvalue weighted by atomic mass is 16.5. The van der Waals surface area contributed by atoms with E-state index in [0.29, 0.717) is 11.3 Å². The average molecular weight is 146 g/mol. The minimum Gasteiger partial charge on any atom is -0.464 e. The smallest absolute Gasteiger partial charge is 0.146 e. The second kappa shape index (κ2) is 3.37. The van der Waals surface area contributed by atoms with Gasteiger partial charge in [0.15, 0.2) is 0 Å². The summed E-state index contributed by atoms with van der Waals surface area (Å²) < 4.78 is 4.90. The monoisotopic (exact) mass is 146 g/mol. The van der Waals surface area contributed by atoms with Crippen molar-refractivity contribution in [2.75, 3.05) is 0 Å². The Morgan fingerprint density at radius 2 is 2.45 bits per heavy atom. The Bertz CT molecular complexity index is 301. The average Bonchev–Trinajstić information content (AvgIpc) is 2.06. The largest absolute Gasteiger partial charge is 0.464 e. The lowest BCUT2D eigenvalue weighted by molar-refractivity contribution is 0.481. The van der Waals surface area contributed by atoms with Crippen molar-refractivity contribution in [2.24, 2.45) is 0 Å². The van der Waals surface area contributed by atoms with Crippen LogP contribution in [0.1, 0.15) is 5.56 Å². The molecule has 1 heterocycles. The van der Waals surface area contributed by atoms with Crippen LogP contribution in [0.2, 0.25) is 0 Å². The molecule has 0 fully saturated rings. The number of ether oxygens (including phenoxy) is 1. The van der Waals surface area contributed by atoms with Crippen LogP contribution >= 0.6 is 0 Å². The predicted molar refractivity (Wildman–Crippen MR) is 39.8 cm³/mol. The first-order valence-corrected chi connectivity index (χ1v) is 2.99. The van der Waals surface area contributed by atoms with Crippen LogP contribution in [0.5, 0.6) is 5.75 Å². The van der Waals surface area contributed by atoms with Gasteiger partial charge < -0.3 is 4.74 Å². The van der Waals surface area contributed by atoms with Crippen molar-refractivity contribution in [3.05, 3.63) is 36.9 Å². The maximum Gasteiger partial charge on any atom is 0.146 e. The molecule has 1 aromatic rings. The fraction of sp³-hybridized carbons (Fsp3) is 0. The van der Waals surface area contributed by atoms with E-state index < -0.39 is 0 Å². The molecule has 0 bridgehead atoms. The Hall–Kier alpha value is -1.82. The van der Waals surface area contributed by atoms with Crippen molar-refractivity contribution in [1.29, 1.82) is 5.26 Å². The van der Waals surface area contributed by atoms with E-state index >= 15 is 0 Å². The summed E-state index contributed by atoms with van der Waals surface area (Å²) in [6.45, 7) is 3.38. The molecule has 0 aliphatic heterocycles. The highest BCUT2D eigenvalue weighted by molar-refractivity contribution is 5.32. The third-order valence-corrected chi connectivity index (χ3v) is 1.06. The van der Waals surface area contributed by atoms with Gasteiger partial charge in [0.25, 0.3) is 0 Å². The molecule has 0 atom stereocenters. The van der Waals surface area contributed by atoms with E-state index in [9.17, 15) is 0 Å². The number of rotatable bonds is 2. The van der Waals surface area contributed by atoms with Gasteiger partial charge in [0.1, 0.15) is 11.8 Å². The maximum atomic E-state index is 8.46. The van der Waals surface area contributed by atoms with Gasteiger partial charge in [0.05, 0.1) is 18.0 Å². The molecule has 0 saturated heterocycles. The van der Waals surface area contributed by atoms with Crippen LogP contribution in [0, 0.1) is 11.3 Å². The van der Waals surface area contributed by atoms with Crippen LogP contribution in [0.15, 0.2) is 31.3 Å². The minimum absolute atomic E-state index is 0.476. The van der Waals surface area contributed by atoms with Crippen molar-refractivity contribution in [1.82, 2.24) is 4.98 Å². The summed E-state index contributed by atoms with van der Waals surface area (Å²) in [5.74, 6) is 0.527. The molecule has 0 unspecified atom stereocenters. The first-order chi connectivity index (χ1) is 5.36. The predicted octanol–water partition coefficient (Wildman–Crippen LogP) is 1.48. The van der Waals surface area contributed by atoms with Crippen LogP contribution in [0.25, 0.3) is 0 Å². The van der Waals surface area contributed by atoms with E-state index in [4.69, 9.17) is 10.00 Å². The van der Waals surface area contributed by atoms with Gasteiger partial charge in [-0.25, -0.2) is 0 Å². The summed E-state index contributed by atoms with van der Waals surface area (Å²) in [4.78, 5) is 3.78. The lowest BCUT2D eigenvalue weighted by Crippen LogP contribution is -1.83. The zero-order valence-electron chi connectivity index (χ0n) is 5.82. The van der Waals surface area contributed by atoms with Crippen LogP contribution in [0.4, 0.5) is 0 Å². The Morgan fingerprint density at radius 3 is 3.09 bits per heavy atom. The fourth-order valence-corrected chi connectivity index (χ4v) is 0.641. The van der Waals surface area contributed by atoms with Gasteiger partial charge in [0.2, 0.25) is 0 Å². The van der Waals surface area contributed by atoms with Gasteiger partial charge in [-0.3, -0.25) is 4.98 Å². The Balaban J connectivity index is 2.93. The molecule has 1 rings (SSSR count). The van der Waals surface area contributed by atoms with Crippen LogP contribution < -0.4 is 4.74 Å². The Morgan fingerprint density at radius 1 is 1.64 bits per heavy atom. The van der Waals surface area contributed by atoms with Crippen molar-refractivity contribution in [3.63, 3.8) is 0 Å². The summed E-state index contributed by atoms with van der Waals surface area (Å²) in [7, 11) is 0. The fourth-order valence-electron chi connectivity index (χ4n) is 0.641. The summed E-state index contributed by atoms with van der Waals surface area (Å²) in [5.41, 5.74) is 0.476. The number of hydrogen-bond donors (Lipinski definition) is 0. The molecule has 0 spiro atoms. The molecular formula is C8H6N2O. The molecule has 0 aliphatic rings. The molecule has 11 heavy (non-hydrogen) atoms. The Kier molecular flexibility index (Phi) is 2.24. The van der Waals surface area contributed by atoms with E-state index in [-0.39, 0.29) is 0 Å². The normalized spacial score (nSPS) is 8.27. The van der Waals surface area contributed by atoms with E-state index in [1.807, 2.05) is 6.07 Å². The van der Waals surface area contributed by atoms with Gasteiger partial charge >= 0.3 is 0 Å². The van der Waals surface area contributed by atoms with Gasteiger partial charge in [-0.1, -0.05) is 6.58 Å². The molecule has 0 saturated carbocycles. The molecule has 0 radical (unpaired) electrons. The second-order valence-electron chi connectivity index (χ2n) is 1.81. The third-order valence-electron chi connectivity index (χ3n) is 1.06. The van der Waals surface area contributed by atoms with Crippen LogP contribution in [0.3, 0.4) is 0 Å². The Labute approximate surface area is 64.6 Å². The molecule has 0 aliphatic carbocycles. The zero-order valence-corrected chi connectivity index (χ0v) is 5.82. The quantitative estimate of drug-likeness (QED) is 0.593. The third kappa shape index (κ3) is 1.80. The highest BCUT2D eigenvalue weighted by Gasteiger charge is 1.93. The van der Waals surface area contributed by atoms with Gasteiger partial charge in [-0.2, -0.15) is 5.26 Å². The minimum atomic E-state index is 0.476. The lowest BCUT2D eigenvalue weighted by Gasteiger charge is -1.96. The first kappa shape index (κ1) is 7.29. The van der Waals surface area contributed by atoms with E-state index in [0.717, 1.165) is 0 Å². The molecule has 0 N–H and O–H groups in total. The standard InChI is InChI=1S/C8H6N2O/c1-2-11-8-3-7(4-9)5-10-6-8/h2-3,5-6H,1H2. The SMILES string of the molecule is C=COc1cncc(C#N)c1.